The van der Waals surface area contributed by atoms with Crippen molar-refractivity contribution < 1.29 is 0 Å². The van der Waals surface area contributed by atoms with Gasteiger partial charge in [0.1, 0.15) is 0 Å². The van der Waals surface area contributed by atoms with Crippen LogP contribution in [0.25, 0.3) is 0 Å². The summed E-state index contributed by atoms with van der Waals surface area (Å²) in [6.45, 7) is 8.19. The monoisotopic (exact) mass is 241 g/mol. The van der Waals surface area contributed by atoms with Crippen molar-refractivity contribution in [3.8, 4) is 0 Å². The van der Waals surface area contributed by atoms with Crippen molar-refractivity contribution in [1.29, 1.82) is 0 Å². The molecule has 1 unspecified atom stereocenters. The lowest BCUT2D eigenvalue weighted by molar-refractivity contribution is 0.642. The third-order valence-corrected chi connectivity index (χ3v) is 2.90. The molecule has 1 aromatic heterocycles. The topological polar surface area (TPSA) is 37.8 Å². The number of nitrogens with zero attached hydrogens (tertiary/aromatic N) is 2. The highest BCUT2D eigenvalue weighted by molar-refractivity contribution is 6.31. The number of aryl methyl sites for hydroxylation is 2. The first-order valence-corrected chi connectivity index (χ1v) is 6.19. The molecule has 3 nitrogen and oxygen atoms in total. The van der Waals surface area contributed by atoms with Gasteiger partial charge < -0.3 is 5.32 Å². The molecule has 16 heavy (non-hydrogen) atoms. The largest absolute Gasteiger partial charge is 0.365 e. The Morgan fingerprint density at radius 2 is 1.88 bits per heavy atom. The van der Waals surface area contributed by atoms with Crippen LogP contribution in [-0.2, 0) is 0 Å². The number of unbranched alkanes of at least 4 members (excludes halogenated alkanes) is 1. The molecule has 0 saturated carbocycles. The SMILES string of the molecule is CCCCC(C)Nc1nc(C)c(C)nc1Cl. The van der Waals surface area contributed by atoms with Crippen molar-refractivity contribution in [2.75, 3.05) is 5.32 Å². The minimum atomic E-state index is 0.383. The number of nitrogens with one attached hydrogen (secondary N) is 1. The molecule has 0 aromatic carbocycles. The van der Waals surface area contributed by atoms with Gasteiger partial charge in [0, 0.05) is 6.04 Å². The first-order valence-electron chi connectivity index (χ1n) is 5.81. The van der Waals surface area contributed by atoms with Crippen LogP contribution in [-0.4, -0.2) is 16.0 Å². The van der Waals surface area contributed by atoms with Gasteiger partial charge in [0.2, 0.25) is 0 Å². The van der Waals surface area contributed by atoms with Crippen molar-refractivity contribution >= 4 is 17.4 Å². The number of hydrogen-bond acceptors (Lipinski definition) is 3. The van der Waals surface area contributed by atoms with Gasteiger partial charge in [-0.15, -0.1) is 0 Å². The molecule has 1 atom stereocenters. The number of rotatable bonds is 5. The van der Waals surface area contributed by atoms with Crippen LogP contribution in [0.3, 0.4) is 0 Å². The Morgan fingerprint density at radius 1 is 1.25 bits per heavy atom. The Labute approximate surface area is 103 Å². The fourth-order valence-electron chi connectivity index (χ4n) is 1.48. The van der Waals surface area contributed by atoms with Crippen LogP contribution in [0, 0.1) is 13.8 Å². The molecule has 0 spiro atoms. The molecule has 0 amide bonds. The second-order valence-corrected chi connectivity index (χ2v) is 4.58. The molecule has 90 valence electrons. The minimum Gasteiger partial charge on any atom is -0.365 e. The quantitative estimate of drug-likeness (QED) is 0.854. The van der Waals surface area contributed by atoms with Crippen LogP contribution in [0.1, 0.15) is 44.5 Å². The average Bonchev–Trinajstić information content (AvgIpc) is 2.23. The van der Waals surface area contributed by atoms with Crippen LogP contribution in [0.5, 0.6) is 0 Å². The summed E-state index contributed by atoms with van der Waals surface area (Å²) >= 11 is 6.04. The van der Waals surface area contributed by atoms with Crippen molar-refractivity contribution in [2.45, 2.75) is 53.0 Å². The van der Waals surface area contributed by atoms with Gasteiger partial charge in [0.15, 0.2) is 11.0 Å². The smallest absolute Gasteiger partial charge is 0.171 e. The van der Waals surface area contributed by atoms with E-state index in [0.717, 1.165) is 17.8 Å². The lowest BCUT2D eigenvalue weighted by Crippen LogP contribution is -2.17. The van der Waals surface area contributed by atoms with E-state index in [9.17, 15) is 0 Å². The number of hydrogen-bond donors (Lipinski definition) is 1. The average molecular weight is 242 g/mol. The third kappa shape index (κ3) is 3.63. The minimum absolute atomic E-state index is 0.383. The van der Waals surface area contributed by atoms with Crippen LogP contribution < -0.4 is 5.32 Å². The Bertz CT molecular complexity index is 352. The van der Waals surface area contributed by atoms with Gasteiger partial charge in [-0.05, 0) is 27.2 Å². The van der Waals surface area contributed by atoms with Gasteiger partial charge in [0.05, 0.1) is 11.4 Å². The third-order valence-electron chi connectivity index (χ3n) is 2.64. The molecule has 4 heteroatoms. The van der Waals surface area contributed by atoms with Crippen LogP contribution in [0.2, 0.25) is 5.15 Å². The summed E-state index contributed by atoms with van der Waals surface area (Å²) in [4.78, 5) is 8.66. The molecule has 0 aliphatic rings. The second kappa shape index (κ2) is 6.04. The second-order valence-electron chi connectivity index (χ2n) is 4.22. The van der Waals surface area contributed by atoms with Crippen LogP contribution in [0.4, 0.5) is 5.82 Å². The molecular weight excluding hydrogens is 222 g/mol. The summed E-state index contributed by atoms with van der Waals surface area (Å²) in [5.41, 5.74) is 1.81. The molecule has 0 aliphatic carbocycles. The van der Waals surface area contributed by atoms with E-state index in [-0.39, 0.29) is 0 Å². The lowest BCUT2D eigenvalue weighted by atomic mass is 10.1. The molecule has 0 radical (unpaired) electrons. The maximum atomic E-state index is 6.04. The molecular formula is C12H20ClN3. The Balaban J connectivity index is 2.69. The zero-order valence-electron chi connectivity index (χ0n) is 10.5. The molecule has 0 saturated heterocycles. The van der Waals surface area contributed by atoms with E-state index >= 15 is 0 Å². The highest BCUT2D eigenvalue weighted by atomic mass is 35.5. The first-order chi connectivity index (χ1) is 7.54. The summed E-state index contributed by atoms with van der Waals surface area (Å²) < 4.78 is 0. The molecule has 1 aromatic rings. The molecule has 1 rings (SSSR count). The highest BCUT2D eigenvalue weighted by Gasteiger charge is 2.09. The van der Waals surface area contributed by atoms with Gasteiger partial charge >= 0.3 is 0 Å². The van der Waals surface area contributed by atoms with Gasteiger partial charge in [-0.3, -0.25) is 0 Å². The number of aromatic nitrogens is 2. The Hall–Kier alpha value is -0.830. The van der Waals surface area contributed by atoms with E-state index in [4.69, 9.17) is 11.6 Å². The Kier molecular flexibility index (Phi) is 5.00. The van der Waals surface area contributed by atoms with E-state index in [1.807, 2.05) is 13.8 Å². The predicted octanol–water partition coefficient (Wildman–Crippen LogP) is 3.74. The van der Waals surface area contributed by atoms with E-state index in [0.29, 0.717) is 17.0 Å². The standard InChI is InChI=1S/C12H20ClN3/c1-5-6-7-8(2)14-12-11(13)15-9(3)10(4)16-12/h8H,5-7H2,1-4H3,(H,14,16). The maximum absolute atomic E-state index is 6.04. The van der Waals surface area contributed by atoms with Crippen LogP contribution >= 0.6 is 11.6 Å². The number of anilines is 1. The fourth-order valence-corrected chi connectivity index (χ4v) is 1.71. The van der Waals surface area contributed by atoms with Crippen molar-refractivity contribution in [2.24, 2.45) is 0 Å². The van der Waals surface area contributed by atoms with Crippen molar-refractivity contribution in [3.63, 3.8) is 0 Å². The Morgan fingerprint density at radius 3 is 2.50 bits per heavy atom. The zero-order valence-corrected chi connectivity index (χ0v) is 11.2. The summed E-state index contributed by atoms with van der Waals surface area (Å²) in [6, 6.07) is 0.383. The molecule has 0 fully saturated rings. The summed E-state index contributed by atoms with van der Waals surface area (Å²) in [6.07, 6.45) is 3.55. The summed E-state index contributed by atoms with van der Waals surface area (Å²) in [5, 5.41) is 3.77. The van der Waals surface area contributed by atoms with Gasteiger partial charge in [-0.2, -0.15) is 0 Å². The molecule has 1 N–H and O–H groups in total. The van der Waals surface area contributed by atoms with E-state index < -0.39 is 0 Å². The lowest BCUT2D eigenvalue weighted by Gasteiger charge is -2.15. The maximum Gasteiger partial charge on any atom is 0.171 e. The fraction of sp³-hybridized carbons (Fsp3) is 0.667. The molecule has 0 aliphatic heterocycles. The van der Waals surface area contributed by atoms with E-state index in [2.05, 4.69) is 29.1 Å². The van der Waals surface area contributed by atoms with Gasteiger partial charge in [0.25, 0.3) is 0 Å². The summed E-state index contributed by atoms with van der Waals surface area (Å²) in [7, 11) is 0. The van der Waals surface area contributed by atoms with E-state index in [1.165, 1.54) is 12.8 Å². The predicted molar refractivity (Wildman–Crippen MR) is 69.1 cm³/mol. The molecule has 0 bridgehead atoms. The number of halogens is 1. The first kappa shape index (κ1) is 13.2. The normalized spacial score (nSPS) is 12.6. The van der Waals surface area contributed by atoms with Crippen LogP contribution in [0.15, 0.2) is 0 Å². The molecule has 1 heterocycles. The van der Waals surface area contributed by atoms with Gasteiger partial charge in [-0.1, -0.05) is 31.4 Å². The van der Waals surface area contributed by atoms with Gasteiger partial charge in [-0.25, -0.2) is 9.97 Å². The van der Waals surface area contributed by atoms with Crippen molar-refractivity contribution in [1.82, 2.24) is 9.97 Å². The van der Waals surface area contributed by atoms with E-state index in [1.54, 1.807) is 0 Å². The zero-order chi connectivity index (χ0) is 12.1. The summed E-state index contributed by atoms with van der Waals surface area (Å²) in [5.74, 6) is 0.702. The highest BCUT2D eigenvalue weighted by Crippen LogP contribution is 2.20. The van der Waals surface area contributed by atoms with Crippen molar-refractivity contribution in [3.05, 3.63) is 16.5 Å².